The summed E-state index contributed by atoms with van der Waals surface area (Å²) in [6.45, 7) is 5.08. The second-order valence-corrected chi connectivity index (χ2v) is 4.63. The highest BCUT2D eigenvalue weighted by molar-refractivity contribution is 9.10. The van der Waals surface area contributed by atoms with Crippen molar-refractivity contribution in [1.29, 1.82) is 0 Å². The Balaban J connectivity index is 2.51. The van der Waals surface area contributed by atoms with E-state index in [1.807, 2.05) is 18.2 Å². The second kappa shape index (κ2) is 5.25. The number of ether oxygens (including phenoxy) is 1. The number of anilines is 1. The maximum Gasteiger partial charge on any atom is 0.142 e. The van der Waals surface area contributed by atoms with Crippen molar-refractivity contribution >= 4 is 21.6 Å². The van der Waals surface area contributed by atoms with Gasteiger partial charge in [-0.2, -0.15) is 0 Å². The van der Waals surface area contributed by atoms with Crippen molar-refractivity contribution in [3.05, 3.63) is 22.7 Å². The molecule has 0 unspecified atom stereocenters. The molecule has 0 amide bonds. The van der Waals surface area contributed by atoms with Crippen LogP contribution in [0.15, 0.2) is 22.7 Å². The van der Waals surface area contributed by atoms with Crippen molar-refractivity contribution < 1.29 is 4.74 Å². The number of halogens is 1. The Kier molecular flexibility index (Phi) is 4.26. The molecule has 14 heavy (non-hydrogen) atoms. The van der Waals surface area contributed by atoms with E-state index in [4.69, 9.17) is 10.5 Å². The van der Waals surface area contributed by atoms with E-state index in [9.17, 15) is 0 Å². The fourth-order valence-electron chi connectivity index (χ4n) is 1.06. The fraction of sp³-hybridized carbons (Fsp3) is 0.455. The quantitative estimate of drug-likeness (QED) is 0.839. The molecule has 0 radical (unpaired) electrons. The standard InChI is InChI=1S/C11H16BrNO/c1-8(2)5-6-14-11-4-3-9(12)7-10(11)13/h3-4,7-8H,5-6,13H2,1-2H3. The molecule has 0 bridgehead atoms. The molecule has 1 rings (SSSR count). The van der Waals surface area contributed by atoms with Crippen LogP contribution in [0.2, 0.25) is 0 Å². The van der Waals surface area contributed by atoms with Crippen molar-refractivity contribution in [3.8, 4) is 5.75 Å². The Labute approximate surface area is 93.6 Å². The van der Waals surface area contributed by atoms with Crippen LogP contribution in [-0.2, 0) is 0 Å². The molecule has 0 heterocycles. The SMILES string of the molecule is CC(C)CCOc1ccc(Br)cc1N. The highest BCUT2D eigenvalue weighted by atomic mass is 79.9. The first-order valence-corrected chi connectivity index (χ1v) is 5.56. The Morgan fingerprint density at radius 1 is 1.43 bits per heavy atom. The number of hydrogen-bond acceptors (Lipinski definition) is 2. The lowest BCUT2D eigenvalue weighted by Crippen LogP contribution is -2.03. The molecule has 1 aromatic rings. The van der Waals surface area contributed by atoms with Gasteiger partial charge in [0.25, 0.3) is 0 Å². The molecule has 78 valence electrons. The van der Waals surface area contributed by atoms with Gasteiger partial charge < -0.3 is 10.5 Å². The number of nitrogens with two attached hydrogens (primary N) is 1. The van der Waals surface area contributed by atoms with Crippen LogP contribution in [-0.4, -0.2) is 6.61 Å². The van der Waals surface area contributed by atoms with Crippen LogP contribution in [0.3, 0.4) is 0 Å². The smallest absolute Gasteiger partial charge is 0.142 e. The average Bonchev–Trinajstić information content (AvgIpc) is 2.08. The first kappa shape index (κ1) is 11.4. The van der Waals surface area contributed by atoms with Gasteiger partial charge in [0, 0.05) is 4.47 Å². The van der Waals surface area contributed by atoms with Gasteiger partial charge in [0.2, 0.25) is 0 Å². The predicted molar refractivity (Wildman–Crippen MR) is 63.5 cm³/mol. The lowest BCUT2D eigenvalue weighted by molar-refractivity contribution is 0.291. The summed E-state index contributed by atoms with van der Waals surface area (Å²) in [6.07, 6.45) is 1.05. The van der Waals surface area contributed by atoms with E-state index in [1.165, 1.54) is 0 Å². The van der Waals surface area contributed by atoms with E-state index >= 15 is 0 Å². The molecule has 3 heteroatoms. The normalized spacial score (nSPS) is 10.6. The maximum absolute atomic E-state index is 5.78. The van der Waals surface area contributed by atoms with Crippen molar-refractivity contribution in [2.24, 2.45) is 5.92 Å². The zero-order valence-corrected chi connectivity index (χ0v) is 10.2. The highest BCUT2D eigenvalue weighted by Gasteiger charge is 2.01. The summed E-state index contributed by atoms with van der Waals surface area (Å²) >= 11 is 3.35. The Morgan fingerprint density at radius 3 is 2.71 bits per heavy atom. The Bertz CT molecular complexity index is 299. The lowest BCUT2D eigenvalue weighted by Gasteiger charge is -2.10. The van der Waals surface area contributed by atoms with Crippen LogP contribution in [0.25, 0.3) is 0 Å². The molecule has 0 saturated carbocycles. The van der Waals surface area contributed by atoms with Crippen LogP contribution in [0.5, 0.6) is 5.75 Å². The summed E-state index contributed by atoms with van der Waals surface area (Å²) < 4.78 is 6.53. The minimum Gasteiger partial charge on any atom is -0.491 e. The minimum atomic E-state index is 0.659. The monoisotopic (exact) mass is 257 g/mol. The largest absolute Gasteiger partial charge is 0.491 e. The predicted octanol–water partition coefficient (Wildman–Crippen LogP) is 3.46. The van der Waals surface area contributed by atoms with E-state index < -0.39 is 0 Å². The van der Waals surface area contributed by atoms with E-state index in [-0.39, 0.29) is 0 Å². The van der Waals surface area contributed by atoms with Gasteiger partial charge in [-0.05, 0) is 30.5 Å². The third-order valence-electron chi connectivity index (χ3n) is 1.92. The number of hydrogen-bond donors (Lipinski definition) is 1. The Morgan fingerprint density at radius 2 is 2.14 bits per heavy atom. The van der Waals surface area contributed by atoms with Gasteiger partial charge in [-0.3, -0.25) is 0 Å². The average molecular weight is 258 g/mol. The number of rotatable bonds is 4. The summed E-state index contributed by atoms with van der Waals surface area (Å²) in [5.41, 5.74) is 6.47. The van der Waals surface area contributed by atoms with Crippen molar-refractivity contribution in [2.45, 2.75) is 20.3 Å². The summed E-state index contributed by atoms with van der Waals surface area (Å²) in [7, 11) is 0. The fourth-order valence-corrected chi connectivity index (χ4v) is 1.43. The zero-order chi connectivity index (χ0) is 10.6. The van der Waals surface area contributed by atoms with Gasteiger partial charge in [-0.1, -0.05) is 29.8 Å². The minimum absolute atomic E-state index is 0.659. The second-order valence-electron chi connectivity index (χ2n) is 3.71. The van der Waals surface area contributed by atoms with Crippen molar-refractivity contribution in [1.82, 2.24) is 0 Å². The third kappa shape index (κ3) is 3.58. The van der Waals surface area contributed by atoms with Gasteiger partial charge in [0.1, 0.15) is 5.75 Å². The summed E-state index contributed by atoms with van der Waals surface area (Å²) in [5, 5.41) is 0. The molecule has 1 aromatic carbocycles. The van der Waals surface area contributed by atoms with E-state index in [0.717, 1.165) is 23.2 Å². The molecule has 2 N–H and O–H groups in total. The Hall–Kier alpha value is -0.700. The van der Waals surface area contributed by atoms with Crippen molar-refractivity contribution in [2.75, 3.05) is 12.3 Å². The van der Waals surface area contributed by atoms with Gasteiger partial charge in [0.05, 0.1) is 12.3 Å². The topological polar surface area (TPSA) is 35.2 Å². The highest BCUT2D eigenvalue weighted by Crippen LogP contribution is 2.25. The molecule has 0 aliphatic heterocycles. The first-order chi connectivity index (χ1) is 6.59. The van der Waals surface area contributed by atoms with Crippen LogP contribution in [0, 0.1) is 5.92 Å². The number of benzene rings is 1. The molecular weight excluding hydrogens is 242 g/mol. The molecule has 0 saturated heterocycles. The van der Waals surface area contributed by atoms with E-state index in [1.54, 1.807) is 0 Å². The van der Waals surface area contributed by atoms with Crippen molar-refractivity contribution in [3.63, 3.8) is 0 Å². The molecule has 0 aliphatic carbocycles. The first-order valence-electron chi connectivity index (χ1n) is 4.77. The molecule has 0 aliphatic rings. The van der Waals surface area contributed by atoms with Crippen LogP contribution in [0.1, 0.15) is 20.3 Å². The van der Waals surface area contributed by atoms with Crippen LogP contribution < -0.4 is 10.5 Å². The lowest BCUT2D eigenvalue weighted by atomic mass is 10.1. The molecule has 0 fully saturated rings. The zero-order valence-electron chi connectivity index (χ0n) is 8.59. The molecule has 0 atom stereocenters. The van der Waals surface area contributed by atoms with Gasteiger partial charge in [0.15, 0.2) is 0 Å². The number of nitrogen functional groups attached to an aromatic ring is 1. The van der Waals surface area contributed by atoms with Gasteiger partial charge >= 0.3 is 0 Å². The van der Waals surface area contributed by atoms with Crippen LogP contribution in [0.4, 0.5) is 5.69 Å². The van der Waals surface area contributed by atoms with E-state index in [0.29, 0.717) is 11.6 Å². The molecule has 2 nitrogen and oxygen atoms in total. The molecular formula is C11H16BrNO. The van der Waals surface area contributed by atoms with Crippen LogP contribution >= 0.6 is 15.9 Å². The third-order valence-corrected chi connectivity index (χ3v) is 2.42. The van der Waals surface area contributed by atoms with Gasteiger partial charge in [-0.15, -0.1) is 0 Å². The maximum atomic E-state index is 5.78. The summed E-state index contributed by atoms with van der Waals surface area (Å²) in [5.74, 6) is 1.43. The van der Waals surface area contributed by atoms with E-state index in [2.05, 4.69) is 29.8 Å². The summed E-state index contributed by atoms with van der Waals surface area (Å²) in [4.78, 5) is 0. The molecule has 0 aromatic heterocycles. The summed E-state index contributed by atoms with van der Waals surface area (Å²) in [6, 6.07) is 5.67. The molecule has 0 spiro atoms. The van der Waals surface area contributed by atoms with Gasteiger partial charge in [-0.25, -0.2) is 0 Å².